The molecular formula is C15H23BrN2OSi. The van der Waals surface area contributed by atoms with Crippen molar-refractivity contribution in [3.63, 3.8) is 0 Å². The van der Waals surface area contributed by atoms with Crippen LogP contribution in [0, 0.1) is 0 Å². The molecule has 0 unspecified atom stereocenters. The quantitative estimate of drug-likeness (QED) is 0.735. The third-order valence-corrected chi connectivity index (χ3v) is 9.44. The number of nitrogens with zero attached hydrogens (tertiary/aromatic N) is 2. The van der Waals surface area contributed by atoms with Crippen LogP contribution in [-0.2, 0) is 11.0 Å². The number of aromatic nitrogens is 2. The first-order valence-corrected chi connectivity index (χ1v) is 10.7. The van der Waals surface area contributed by atoms with Crippen molar-refractivity contribution in [2.24, 2.45) is 0 Å². The molecule has 0 aliphatic carbocycles. The smallest absolute Gasteiger partial charge is 0.192 e. The van der Waals surface area contributed by atoms with Crippen LogP contribution in [0.4, 0.5) is 0 Å². The van der Waals surface area contributed by atoms with E-state index in [1.807, 2.05) is 23.0 Å². The zero-order valence-corrected chi connectivity index (χ0v) is 15.5. The van der Waals surface area contributed by atoms with Crippen molar-refractivity contribution in [1.82, 2.24) is 9.78 Å². The van der Waals surface area contributed by atoms with Crippen molar-refractivity contribution in [3.8, 4) is 0 Å². The van der Waals surface area contributed by atoms with Gasteiger partial charge in [-0.3, -0.25) is 4.68 Å². The predicted molar refractivity (Wildman–Crippen MR) is 90.6 cm³/mol. The lowest BCUT2D eigenvalue weighted by atomic mass is 10.2. The molecule has 20 heavy (non-hydrogen) atoms. The van der Waals surface area contributed by atoms with Crippen LogP contribution >= 0.6 is 15.9 Å². The molecule has 5 heteroatoms. The van der Waals surface area contributed by atoms with Gasteiger partial charge in [0.2, 0.25) is 0 Å². The molecule has 1 aromatic carbocycles. The van der Waals surface area contributed by atoms with Crippen LogP contribution in [0.5, 0.6) is 0 Å². The van der Waals surface area contributed by atoms with Crippen molar-refractivity contribution in [3.05, 3.63) is 28.9 Å². The third kappa shape index (κ3) is 3.15. The second-order valence-corrected chi connectivity index (χ2v) is 12.3. The highest BCUT2D eigenvalue weighted by molar-refractivity contribution is 9.10. The minimum Gasteiger partial charge on any atom is -0.415 e. The van der Waals surface area contributed by atoms with Gasteiger partial charge in [0.05, 0.1) is 24.9 Å². The van der Waals surface area contributed by atoms with E-state index >= 15 is 0 Å². The van der Waals surface area contributed by atoms with Gasteiger partial charge in [0.25, 0.3) is 0 Å². The summed E-state index contributed by atoms with van der Waals surface area (Å²) in [6, 6.07) is 6.18. The van der Waals surface area contributed by atoms with Gasteiger partial charge < -0.3 is 4.43 Å². The summed E-state index contributed by atoms with van der Waals surface area (Å²) < 4.78 is 9.32. The largest absolute Gasteiger partial charge is 0.415 e. The molecule has 0 bridgehead atoms. The number of rotatable bonds is 4. The minimum absolute atomic E-state index is 0.252. The molecule has 0 spiro atoms. The molecule has 2 aromatic rings. The molecule has 0 saturated heterocycles. The Morgan fingerprint density at radius 3 is 2.65 bits per heavy atom. The van der Waals surface area contributed by atoms with E-state index in [2.05, 4.69) is 61.0 Å². The fourth-order valence-electron chi connectivity index (χ4n) is 1.85. The van der Waals surface area contributed by atoms with E-state index in [4.69, 9.17) is 4.43 Å². The van der Waals surface area contributed by atoms with Crippen LogP contribution in [0.3, 0.4) is 0 Å². The molecule has 0 aliphatic heterocycles. The van der Waals surface area contributed by atoms with Gasteiger partial charge in [-0.2, -0.15) is 5.10 Å². The Kier molecular flexibility index (Phi) is 4.42. The van der Waals surface area contributed by atoms with Crippen LogP contribution in [-0.4, -0.2) is 24.7 Å². The van der Waals surface area contributed by atoms with Gasteiger partial charge in [-0.1, -0.05) is 42.8 Å². The van der Waals surface area contributed by atoms with Gasteiger partial charge >= 0.3 is 0 Å². The first-order valence-electron chi connectivity index (χ1n) is 6.96. The lowest BCUT2D eigenvalue weighted by Crippen LogP contribution is -2.41. The first-order chi connectivity index (χ1) is 9.22. The summed E-state index contributed by atoms with van der Waals surface area (Å²) in [5, 5.41) is 5.86. The minimum atomic E-state index is -1.67. The topological polar surface area (TPSA) is 27.1 Å². The molecule has 1 aromatic heterocycles. The second kappa shape index (κ2) is 5.62. The molecule has 0 atom stereocenters. The lowest BCUT2D eigenvalue weighted by Gasteiger charge is -2.36. The number of halogens is 1. The predicted octanol–water partition coefficient (Wildman–Crippen LogP) is 4.82. The monoisotopic (exact) mass is 354 g/mol. The number of benzene rings is 1. The summed E-state index contributed by atoms with van der Waals surface area (Å²) in [6.07, 6.45) is 1.91. The molecule has 110 valence electrons. The Labute approximate surface area is 130 Å². The summed E-state index contributed by atoms with van der Waals surface area (Å²) in [6.45, 7) is 12.9. The molecule has 0 aliphatic rings. The Bertz CT molecular complexity index is 601. The SMILES string of the molecule is CC(C)(C)[Si](C)(C)OCCn1ncc2c(Br)cccc21. The number of hydrogen-bond acceptors (Lipinski definition) is 2. The number of fused-ring (bicyclic) bond motifs is 1. The zero-order valence-electron chi connectivity index (χ0n) is 12.9. The average Bonchev–Trinajstić information content (AvgIpc) is 2.72. The molecular weight excluding hydrogens is 332 g/mol. The number of hydrogen-bond donors (Lipinski definition) is 0. The maximum absolute atomic E-state index is 6.21. The second-order valence-electron chi connectivity index (χ2n) is 6.65. The molecule has 1 heterocycles. The van der Waals surface area contributed by atoms with Crippen LogP contribution in [0.2, 0.25) is 18.1 Å². The highest BCUT2D eigenvalue weighted by Crippen LogP contribution is 2.36. The maximum atomic E-state index is 6.21. The van der Waals surface area contributed by atoms with Crippen molar-refractivity contribution < 1.29 is 4.43 Å². The van der Waals surface area contributed by atoms with Crippen LogP contribution in [0.1, 0.15) is 20.8 Å². The highest BCUT2D eigenvalue weighted by atomic mass is 79.9. The van der Waals surface area contributed by atoms with E-state index in [9.17, 15) is 0 Å². The fourth-order valence-corrected chi connectivity index (χ4v) is 3.34. The third-order valence-electron chi connectivity index (χ3n) is 4.21. The maximum Gasteiger partial charge on any atom is 0.192 e. The van der Waals surface area contributed by atoms with Gasteiger partial charge in [0.1, 0.15) is 0 Å². The van der Waals surface area contributed by atoms with Gasteiger partial charge in [-0.05, 0) is 30.3 Å². The molecule has 0 radical (unpaired) electrons. The standard InChI is InChI=1S/C15H23BrN2OSi/c1-15(2,3)20(4,5)19-10-9-18-14-8-6-7-13(16)12(14)11-17-18/h6-8,11H,9-10H2,1-5H3. The first kappa shape index (κ1) is 15.7. The van der Waals surface area contributed by atoms with E-state index in [0.717, 1.165) is 28.5 Å². The summed E-state index contributed by atoms with van der Waals surface area (Å²) in [5.41, 5.74) is 1.15. The average molecular weight is 355 g/mol. The molecule has 3 nitrogen and oxygen atoms in total. The Balaban J connectivity index is 2.06. The molecule has 0 fully saturated rings. The van der Waals surface area contributed by atoms with Crippen molar-refractivity contribution in [2.75, 3.05) is 6.61 Å². The summed E-state index contributed by atoms with van der Waals surface area (Å²) in [7, 11) is -1.67. The van der Waals surface area contributed by atoms with Gasteiger partial charge in [-0.15, -0.1) is 0 Å². The van der Waals surface area contributed by atoms with Gasteiger partial charge in [-0.25, -0.2) is 0 Å². The van der Waals surface area contributed by atoms with Crippen LogP contribution < -0.4 is 0 Å². The summed E-state index contributed by atoms with van der Waals surface area (Å²) in [4.78, 5) is 0. The van der Waals surface area contributed by atoms with E-state index in [-0.39, 0.29) is 5.04 Å². The molecule has 2 rings (SSSR count). The summed E-state index contributed by atoms with van der Waals surface area (Å²) >= 11 is 3.56. The van der Waals surface area contributed by atoms with Gasteiger partial charge in [0.15, 0.2) is 8.32 Å². The van der Waals surface area contributed by atoms with E-state index in [0.29, 0.717) is 0 Å². The van der Waals surface area contributed by atoms with E-state index in [1.165, 1.54) is 0 Å². The van der Waals surface area contributed by atoms with E-state index < -0.39 is 8.32 Å². The molecule has 0 amide bonds. The van der Waals surface area contributed by atoms with Crippen molar-refractivity contribution >= 4 is 35.2 Å². The molecule has 0 saturated carbocycles. The Hall–Kier alpha value is -0.653. The van der Waals surface area contributed by atoms with Crippen LogP contribution in [0.15, 0.2) is 28.9 Å². The van der Waals surface area contributed by atoms with Crippen LogP contribution in [0.25, 0.3) is 10.9 Å². The van der Waals surface area contributed by atoms with Gasteiger partial charge in [0, 0.05) is 9.86 Å². The Morgan fingerprint density at radius 1 is 1.30 bits per heavy atom. The molecule has 0 N–H and O–H groups in total. The normalized spacial score (nSPS) is 13.1. The summed E-state index contributed by atoms with van der Waals surface area (Å²) in [5.74, 6) is 0. The van der Waals surface area contributed by atoms with Crippen molar-refractivity contribution in [2.45, 2.75) is 45.4 Å². The fraction of sp³-hybridized carbons (Fsp3) is 0.533. The zero-order chi connectivity index (χ0) is 15.0. The lowest BCUT2D eigenvalue weighted by molar-refractivity contribution is 0.268. The van der Waals surface area contributed by atoms with Crippen molar-refractivity contribution in [1.29, 1.82) is 0 Å². The highest BCUT2D eigenvalue weighted by Gasteiger charge is 2.36. The van der Waals surface area contributed by atoms with E-state index in [1.54, 1.807) is 0 Å². The Morgan fingerprint density at radius 2 is 2.00 bits per heavy atom.